The van der Waals surface area contributed by atoms with Gasteiger partial charge >= 0.3 is 0 Å². The van der Waals surface area contributed by atoms with E-state index in [0.29, 0.717) is 6.42 Å². The average Bonchev–Trinajstić information content (AvgIpc) is 1.79. The van der Waals surface area contributed by atoms with E-state index in [1.807, 2.05) is 0 Å². The maximum atomic E-state index is 10.4. The van der Waals surface area contributed by atoms with Crippen LogP contribution in [0.3, 0.4) is 0 Å². The van der Waals surface area contributed by atoms with E-state index in [-0.39, 0.29) is 6.42 Å². The second kappa shape index (κ2) is 4.04. The fraction of sp³-hybridized carbons (Fsp3) is 0.800. The summed E-state index contributed by atoms with van der Waals surface area (Å²) in [7, 11) is -4.31. The van der Waals surface area contributed by atoms with E-state index in [1.165, 1.54) is 0 Å². The van der Waals surface area contributed by atoms with Crippen LogP contribution in [-0.2, 0) is 14.9 Å². The lowest BCUT2D eigenvalue weighted by Gasteiger charge is -2.05. The van der Waals surface area contributed by atoms with Gasteiger partial charge in [-0.3, -0.25) is 9.35 Å². The minimum absolute atomic E-state index is 0.0567. The topological polar surface area (TPSA) is 71.4 Å². The number of hydrogen-bond donors (Lipinski definition) is 1. The Morgan fingerprint density at radius 2 is 2.09 bits per heavy atom. The highest BCUT2D eigenvalue weighted by molar-refractivity contribution is 7.87. The zero-order valence-electron chi connectivity index (χ0n) is 5.95. The zero-order valence-corrected chi connectivity index (χ0v) is 7.52. The standard InChI is InChI=1S/C5H9ClO4S/c1-2-3-4(5(6)7)11(8,9)10/h4H,2-3H2,1H3,(H,8,9,10). The third-order valence-corrected chi connectivity index (χ3v) is 2.73. The first kappa shape index (κ1) is 10.9. The van der Waals surface area contributed by atoms with Crippen LogP contribution in [0.2, 0.25) is 0 Å². The third-order valence-electron chi connectivity index (χ3n) is 1.16. The van der Waals surface area contributed by atoms with Gasteiger partial charge in [0.15, 0.2) is 5.25 Å². The van der Waals surface area contributed by atoms with Crippen LogP contribution in [0.4, 0.5) is 0 Å². The molecule has 1 atom stereocenters. The fourth-order valence-corrected chi connectivity index (χ4v) is 1.86. The maximum absolute atomic E-state index is 10.4. The third kappa shape index (κ3) is 3.69. The highest BCUT2D eigenvalue weighted by atomic mass is 35.5. The molecule has 0 spiro atoms. The molecule has 1 unspecified atom stereocenters. The van der Waals surface area contributed by atoms with Gasteiger partial charge in [0.1, 0.15) is 0 Å². The summed E-state index contributed by atoms with van der Waals surface area (Å²) in [6.07, 6.45) is 0.532. The lowest BCUT2D eigenvalue weighted by atomic mass is 10.3. The molecule has 0 amide bonds. The highest BCUT2D eigenvalue weighted by Crippen LogP contribution is 2.10. The van der Waals surface area contributed by atoms with Crippen molar-refractivity contribution in [2.75, 3.05) is 0 Å². The summed E-state index contributed by atoms with van der Waals surface area (Å²) in [5.74, 6) is 0. The van der Waals surface area contributed by atoms with Crippen LogP contribution in [0, 0.1) is 0 Å². The molecule has 0 aliphatic heterocycles. The van der Waals surface area contributed by atoms with Gasteiger partial charge in [-0.05, 0) is 18.0 Å². The highest BCUT2D eigenvalue weighted by Gasteiger charge is 2.28. The molecule has 0 radical (unpaired) electrons. The number of carbonyl (C=O) groups excluding carboxylic acids is 1. The summed E-state index contributed by atoms with van der Waals surface area (Å²) in [5, 5.41) is -2.50. The lowest BCUT2D eigenvalue weighted by molar-refractivity contribution is -0.111. The Labute approximate surface area is 70.3 Å². The molecule has 0 heterocycles. The van der Waals surface area contributed by atoms with E-state index in [1.54, 1.807) is 6.92 Å². The van der Waals surface area contributed by atoms with Gasteiger partial charge in [0, 0.05) is 0 Å². The Morgan fingerprint density at radius 1 is 1.64 bits per heavy atom. The minimum atomic E-state index is -4.31. The van der Waals surface area contributed by atoms with Crippen molar-refractivity contribution in [3.05, 3.63) is 0 Å². The van der Waals surface area contributed by atoms with Gasteiger partial charge in [-0.1, -0.05) is 13.3 Å². The normalized spacial score (nSPS) is 14.5. The molecule has 1 N–H and O–H groups in total. The largest absolute Gasteiger partial charge is 0.285 e. The summed E-state index contributed by atoms with van der Waals surface area (Å²) < 4.78 is 29.3. The first-order valence-electron chi connectivity index (χ1n) is 3.05. The van der Waals surface area contributed by atoms with Crippen molar-refractivity contribution in [1.82, 2.24) is 0 Å². The average molecular weight is 201 g/mol. The number of rotatable bonds is 4. The van der Waals surface area contributed by atoms with E-state index in [4.69, 9.17) is 16.2 Å². The van der Waals surface area contributed by atoms with Gasteiger partial charge in [-0.15, -0.1) is 0 Å². The van der Waals surface area contributed by atoms with Crippen molar-refractivity contribution < 1.29 is 17.8 Å². The van der Waals surface area contributed by atoms with E-state index in [2.05, 4.69) is 0 Å². The summed E-state index contributed by atoms with van der Waals surface area (Å²) >= 11 is 4.93. The molecule has 11 heavy (non-hydrogen) atoms. The van der Waals surface area contributed by atoms with Gasteiger partial charge in [0.2, 0.25) is 5.24 Å². The van der Waals surface area contributed by atoms with Gasteiger partial charge in [-0.2, -0.15) is 8.42 Å². The fourth-order valence-electron chi connectivity index (χ4n) is 0.642. The second-order valence-corrected chi connectivity index (χ2v) is 4.07. The lowest BCUT2D eigenvalue weighted by Crippen LogP contribution is -2.26. The number of carbonyl (C=O) groups is 1. The van der Waals surface area contributed by atoms with Crippen LogP contribution in [0.1, 0.15) is 19.8 Å². The SMILES string of the molecule is CCCC(C(=O)Cl)S(=O)(=O)O. The molecule has 0 aromatic heterocycles. The maximum Gasteiger partial charge on any atom is 0.276 e. The predicted molar refractivity (Wildman–Crippen MR) is 41.1 cm³/mol. The van der Waals surface area contributed by atoms with Gasteiger partial charge in [0.05, 0.1) is 0 Å². The van der Waals surface area contributed by atoms with Crippen LogP contribution in [0.25, 0.3) is 0 Å². The quantitative estimate of drug-likeness (QED) is 0.539. The molecule has 0 saturated carbocycles. The molecule has 0 rings (SSSR count). The van der Waals surface area contributed by atoms with Gasteiger partial charge in [0.25, 0.3) is 10.1 Å². The molecular weight excluding hydrogens is 192 g/mol. The second-order valence-electron chi connectivity index (χ2n) is 2.10. The van der Waals surface area contributed by atoms with Crippen molar-refractivity contribution in [1.29, 1.82) is 0 Å². The molecule has 6 heteroatoms. The van der Waals surface area contributed by atoms with Crippen LogP contribution in [-0.4, -0.2) is 23.5 Å². The molecule has 0 bridgehead atoms. The van der Waals surface area contributed by atoms with E-state index < -0.39 is 20.6 Å². The van der Waals surface area contributed by atoms with Crippen LogP contribution in [0.5, 0.6) is 0 Å². The van der Waals surface area contributed by atoms with E-state index >= 15 is 0 Å². The zero-order chi connectivity index (χ0) is 9.07. The molecule has 0 aliphatic rings. The summed E-state index contributed by atoms with van der Waals surface area (Å²) in [4.78, 5) is 10.4. The van der Waals surface area contributed by atoms with Crippen LogP contribution < -0.4 is 0 Å². The van der Waals surface area contributed by atoms with Gasteiger partial charge in [-0.25, -0.2) is 0 Å². The van der Waals surface area contributed by atoms with Crippen molar-refractivity contribution in [2.24, 2.45) is 0 Å². The molecule has 0 fully saturated rings. The molecule has 4 nitrogen and oxygen atoms in total. The number of halogens is 1. The minimum Gasteiger partial charge on any atom is -0.285 e. The molecule has 0 aliphatic carbocycles. The Hall–Kier alpha value is -0.130. The number of hydrogen-bond acceptors (Lipinski definition) is 3. The monoisotopic (exact) mass is 200 g/mol. The molecule has 66 valence electrons. The van der Waals surface area contributed by atoms with Crippen LogP contribution >= 0.6 is 11.6 Å². The van der Waals surface area contributed by atoms with Crippen molar-refractivity contribution in [2.45, 2.75) is 25.0 Å². The summed E-state index contributed by atoms with van der Waals surface area (Å²) in [5.41, 5.74) is 0. The van der Waals surface area contributed by atoms with Gasteiger partial charge < -0.3 is 0 Å². The van der Waals surface area contributed by atoms with Crippen LogP contribution in [0.15, 0.2) is 0 Å². The first-order valence-corrected chi connectivity index (χ1v) is 4.93. The summed E-state index contributed by atoms with van der Waals surface area (Å²) in [6, 6.07) is 0. The Bertz CT molecular complexity index is 233. The first-order chi connectivity index (χ1) is 4.89. The molecule has 0 aromatic rings. The van der Waals surface area contributed by atoms with Crippen molar-refractivity contribution in [3.63, 3.8) is 0 Å². The molecule has 0 aromatic carbocycles. The Balaban J connectivity index is 4.49. The predicted octanol–water partition coefficient (Wildman–Crippen LogP) is 0.808. The summed E-state index contributed by atoms with van der Waals surface area (Å²) in [6.45, 7) is 1.69. The molecule has 0 saturated heterocycles. The molecular formula is C5H9ClO4S. The van der Waals surface area contributed by atoms with E-state index in [9.17, 15) is 13.2 Å². The van der Waals surface area contributed by atoms with Crippen molar-refractivity contribution in [3.8, 4) is 0 Å². The Morgan fingerprint density at radius 3 is 2.18 bits per heavy atom. The smallest absolute Gasteiger partial charge is 0.276 e. The van der Waals surface area contributed by atoms with E-state index in [0.717, 1.165) is 0 Å². The Kier molecular flexibility index (Phi) is 3.99. The van der Waals surface area contributed by atoms with Crippen molar-refractivity contribution >= 4 is 27.0 Å².